The molecule has 0 atom stereocenters. The van der Waals surface area contributed by atoms with Gasteiger partial charge in [0.05, 0.1) is 17.1 Å². The number of fused-ring (bicyclic) bond motifs is 1. The molecule has 3 aromatic rings. The first-order valence-electron chi connectivity index (χ1n) is 6.76. The summed E-state index contributed by atoms with van der Waals surface area (Å²) in [6.07, 6.45) is 3.74. The van der Waals surface area contributed by atoms with E-state index in [1.54, 1.807) is 0 Å². The molecule has 0 spiro atoms. The monoisotopic (exact) mass is 290 g/mol. The topological polar surface area (TPSA) is 56.4 Å². The molecule has 1 N–H and O–H groups in total. The van der Waals surface area contributed by atoms with Gasteiger partial charge in [-0.15, -0.1) is 0 Å². The SMILES string of the molecule is CCc1nn(C)cc1-n1c(=S)[nH]c2c(CC)nn(C)c21. The molecule has 20 heavy (non-hydrogen) atoms. The summed E-state index contributed by atoms with van der Waals surface area (Å²) in [5.74, 6) is 0. The van der Waals surface area contributed by atoms with Crippen molar-refractivity contribution in [2.45, 2.75) is 26.7 Å². The van der Waals surface area contributed by atoms with E-state index in [4.69, 9.17) is 12.2 Å². The van der Waals surface area contributed by atoms with Crippen LogP contribution in [0.2, 0.25) is 0 Å². The van der Waals surface area contributed by atoms with Gasteiger partial charge in [-0.05, 0) is 25.1 Å². The van der Waals surface area contributed by atoms with Crippen LogP contribution in [-0.2, 0) is 26.9 Å². The summed E-state index contributed by atoms with van der Waals surface area (Å²) >= 11 is 5.50. The molecule has 6 nitrogen and oxygen atoms in total. The Morgan fingerprint density at radius 3 is 2.50 bits per heavy atom. The van der Waals surface area contributed by atoms with Crippen LogP contribution in [0.25, 0.3) is 16.9 Å². The predicted molar refractivity (Wildman–Crippen MR) is 80.7 cm³/mol. The first kappa shape index (κ1) is 13.1. The molecular formula is C13H18N6S. The summed E-state index contributed by atoms with van der Waals surface area (Å²) < 4.78 is 6.42. The highest BCUT2D eigenvalue weighted by molar-refractivity contribution is 7.71. The second-order valence-corrected chi connectivity index (χ2v) is 5.26. The second-order valence-electron chi connectivity index (χ2n) is 4.88. The molecule has 0 fully saturated rings. The van der Waals surface area contributed by atoms with Gasteiger partial charge in [-0.3, -0.25) is 9.25 Å². The summed E-state index contributed by atoms with van der Waals surface area (Å²) in [7, 11) is 3.87. The average molecular weight is 290 g/mol. The van der Waals surface area contributed by atoms with Gasteiger partial charge in [-0.25, -0.2) is 4.68 Å². The van der Waals surface area contributed by atoms with Gasteiger partial charge in [0.2, 0.25) is 0 Å². The Labute approximate surface area is 122 Å². The maximum absolute atomic E-state index is 5.50. The molecule has 0 saturated heterocycles. The Hall–Kier alpha value is -1.89. The van der Waals surface area contributed by atoms with Crippen molar-refractivity contribution in [3.05, 3.63) is 22.4 Å². The molecule has 0 radical (unpaired) electrons. The molecule has 3 aromatic heterocycles. The Bertz CT molecular complexity index is 831. The van der Waals surface area contributed by atoms with Gasteiger partial charge in [0.15, 0.2) is 10.4 Å². The molecule has 0 aliphatic rings. The van der Waals surface area contributed by atoms with Gasteiger partial charge >= 0.3 is 0 Å². The third kappa shape index (κ3) is 1.73. The van der Waals surface area contributed by atoms with Gasteiger partial charge in [0.1, 0.15) is 5.52 Å². The Kier molecular flexibility index (Phi) is 3.01. The minimum absolute atomic E-state index is 0.686. The van der Waals surface area contributed by atoms with Crippen molar-refractivity contribution < 1.29 is 0 Å². The van der Waals surface area contributed by atoms with E-state index in [2.05, 4.69) is 29.0 Å². The van der Waals surface area contributed by atoms with Crippen molar-refractivity contribution in [1.82, 2.24) is 29.1 Å². The zero-order valence-electron chi connectivity index (χ0n) is 12.1. The van der Waals surface area contributed by atoms with Gasteiger partial charge < -0.3 is 4.98 Å². The van der Waals surface area contributed by atoms with Crippen LogP contribution < -0.4 is 0 Å². The molecule has 0 bridgehead atoms. The molecule has 0 amide bonds. The zero-order valence-corrected chi connectivity index (χ0v) is 13.0. The third-order valence-corrected chi connectivity index (χ3v) is 3.81. The van der Waals surface area contributed by atoms with E-state index in [0.717, 1.165) is 41.1 Å². The van der Waals surface area contributed by atoms with Crippen LogP contribution in [0.15, 0.2) is 6.20 Å². The van der Waals surface area contributed by atoms with Crippen LogP contribution >= 0.6 is 12.2 Å². The highest BCUT2D eigenvalue weighted by Crippen LogP contribution is 2.24. The highest BCUT2D eigenvalue weighted by atomic mass is 32.1. The first-order chi connectivity index (χ1) is 9.56. The summed E-state index contributed by atoms with van der Waals surface area (Å²) in [6, 6.07) is 0. The van der Waals surface area contributed by atoms with Crippen LogP contribution in [0, 0.1) is 4.77 Å². The Morgan fingerprint density at radius 1 is 1.15 bits per heavy atom. The summed E-state index contributed by atoms with van der Waals surface area (Å²) in [5.41, 5.74) is 5.11. The van der Waals surface area contributed by atoms with Crippen LogP contribution in [-0.4, -0.2) is 29.1 Å². The lowest BCUT2D eigenvalue weighted by Crippen LogP contribution is -2.02. The maximum Gasteiger partial charge on any atom is 0.184 e. The van der Waals surface area contributed by atoms with Gasteiger partial charge in [-0.1, -0.05) is 13.8 Å². The quantitative estimate of drug-likeness (QED) is 0.753. The normalized spacial score (nSPS) is 11.6. The number of rotatable bonds is 3. The van der Waals surface area contributed by atoms with E-state index in [1.165, 1.54) is 0 Å². The molecular weight excluding hydrogens is 272 g/mol. The third-order valence-electron chi connectivity index (χ3n) is 3.53. The van der Waals surface area contributed by atoms with Crippen molar-refractivity contribution >= 4 is 23.4 Å². The average Bonchev–Trinajstić information content (AvgIpc) is 3.03. The molecule has 3 heterocycles. The summed E-state index contributed by atoms with van der Waals surface area (Å²) in [6.45, 7) is 4.19. The van der Waals surface area contributed by atoms with E-state index < -0.39 is 0 Å². The Balaban J connectivity index is 2.39. The molecule has 0 aromatic carbocycles. The zero-order chi connectivity index (χ0) is 14.4. The molecule has 7 heteroatoms. The van der Waals surface area contributed by atoms with Crippen LogP contribution in [0.4, 0.5) is 0 Å². The van der Waals surface area contributed by atoms with E-state index in [9.17, 15) is 0 Å². The van der Waals surface area contributed by atoms with Crippen molar-refractivity contribution in [3.8, 4) is 5.69 Å². The number of imidazole rings is 1. The first-order valence-corrected chi connectivity index (χ1v) is 7.17. The van der Waals surface area contributed by atoms with Crippen LogP contribution in [0.3, 0.4) is 0 Å². The lowest BCUT2D eigenvalue weighted by molar-refractivity contribution is 0.746. The number of aromatic amines is 1. The fourth-order valence-electron chi connectivity index (χ4n) is 2.64. The lowest BCUT2D eigenvalue weighted by Gasteiger charge is -2.03. The molecule has 0 unspecified atom stereocenters. The smallest absolute Gasteiger partial charge is 0.184 e. The lowest BCUT2D eigenvalue weighted by atomic mass is 10.3. The van der Waals surface area contributed by atoms with Crippen LogP contribution in [0.1, 0.15) is 25.2 Å². The predicted octanol–water partition coefficient (Wildman–Crippen LogP) is 2.28. The number of hydrogen-bond acceptors (Lipinski definition) is 3. The van der Waals surface area contributed by atoms with Crippen molar-refractivity contribution in [2.24, 2.45) is 14.1 Å². The molecule has 0 aliphatic heterocycles. The van der Waals surface area contributed by atoms with E-state index >= 15 is 0 Å². The fraction of sp³-hybridized carbons (Fsp3) is 0.462. The van der Waals surface area contributed by atoms with Gasteiger partial charge in [-0.2, -0.15) is 10.2 Å². The van der Waals surface area contributed by atoms with Crippen molar-refractivity contribution in [3.63, 3.8) is 0 Å². The maximum atomic E-state index is 5.50. The number of H-pyrrole nitrogens is 1. The second kappa shape index (κ2) is 4.59. The molecule has 0 aliphatic carbocycles. The minimum atomic E-state index is 0.686. The fourth-order valence-corrected chi connectivity index (χ4v) is 2.93. The molecule has 106 valence electrons. The number of aromatic nitrogens is 6. The van der Waals surface area contributed by atoms with Crippen molar-refractivity contribution in [1.29, 1.82) is 0 Å². The van der Waals surface area contributed by atoms with Crippen LogP contribution in [0.5, 0.6) is 0 Å². The number of nitrogens with one attached hydrogen (secondary N) is 1. The molecule has 0 saturated carbocycles. The summed E-state index contributed by atoms with van der Waals surface area (Å²) in [5, 5.41) is 9.04. The van der Waals surface area contributed by atoms with Gasteiger partial charge in [0.25, 0.3) is 0 Å². The highest BCUT2D eigenvalue weighted by Gasteiger charge is 2.18. The van der Waals surface area contributed by atoms with E-state index in [0.29, 0.717) is 4.77 Å². The Morgan fingerprint density at radius 2 is 1.85 bits per heavy atom. The van der Waals surface area contributed by atoms with E-state index in [1.807, 2.05) is 34.2 Å². The molecule has 3 rings (SSSR count). The minimum Gasteiger partial charge on any atom is -0.327 e. The number of hydrogen-bond donors (Lipinski definition) is 1. The summed E-state index contributed by atoms with van der Waals surface area (Å²) in [4.78, 5) is 3.28. The largest absolute Gasteiger partial charge is 0.327 e. The standard InChI is InChI=1S/C13H18N6S/c1-5-8-10(7-17(3)15-8)19-12-11(14-13(19)20)9(6-2)16-18(12)4/h7H,5-6H2,1-4H3,(H,14,20). The number of aryl methyl sites for hydroxylation is 4. The van der Waals surface area contributed by atoms with Crippen molar-refractivity contribution in [2.75, 3.05) is 0 Å². The van der Waals surface area contributed by atoms with Gasteiger partial charge in [0, 0.05) is 20.3 Å². The van der Waals surface area contributed by atoms with E-state index in [-0.39, 0.29) is 0 Å². The number of nitrogens with zero attached hydrogens (tertiary/aromatic N) is 5.